The van der Waals surface area contributed by atoms with Crippen LogP contribution in [-0.4, -0.2) is 16.8 Å². The highest BCUT2D eigenvalue weighted by molar-refractivity contribution is 5.37. The zero-order valence-corrected chi connectivity index (χ0v) is 10.3. The van der Waals surface area contributed by atoms with Crippen LogP contribution in [0.3, 0.4) is 0 Å². The second-order valence-electron chi connectivity index (χ2n) is 4.45. The lowest BCUT2D eigenvalue weighted by Gasteiger charge is -2.06. The highest BCUT2D eigenvalue weighted by Crippen LogP contribution is 2.20. The third-order valence-electron chi connectivity index (χ3n) is 3.03. The van der Waals surface area contributed by atoms with Gasteiger partial charge in [-0.3, -0.25) is 0 Å². The number of aliphatic hydroxyl groups excluding tert-OH is 1. The molecule has 0 aromatic heterocycles. The summed E-state index contributed by atoms with van der Waals surface area (Å²) in [4.78, 5) is 0. The predicted octanol–water partition coefficient (Wildman–Crippen LogP) is 2.91. The molecule has 0 unspecified atom stereocenters. The van der Waals surface area contributed by atoms with E-state index in [4.69, 9.17) is 5.11 Å². The molecule has 0 bridgehead atoms. The molecule has 0 fully saturated rings. The van der Waals surface area contributed by atoms with Gasteiger partial charge in [-0.05, 0) is 35.6 Å². The third kappa shape index (κ3) is 3.34. The van der Waals surface area contributed by atoms with Crippen LogP contribution in [0, 0.1) is 0 Å². The molecular weight excluding hydrogens is 224 g/mol. The molecule has 2 rings (SSSR count). The van der Waals surface area contributed by atoms with Crippen molar-refractivity contribution < 1.29 is 10.2 Å². The van der Waals surface area contributed by atoms with Crippen LogP contribution in [0.1, 0.15) is 23.1 Å². The lowest BCUT2D eigenvalue weighted by atomic mass is 10.0. The second-order valence-corrected chi connectivity index (χ2v) is 4.45. The van der Waals surface area contributed by atoms with E-state index in [0.29, 0.717) is 5.75 Å². The van der Waals surface area contributed by atoms with Gasteiger partial charge in [0.25, 0.3) is 0 Å². The molecule has 0 atom stereocenters. The smallest absolute Gasteiger partial charge is 0.119 e. The summed E-state index contributed by atoms with van der Waals surface area (Å²) in [5.41, 5.74) is 3.37. The topological polar surface area (TPSA) is 40.5 Å². The molecule has 94 valence electrons. The van der Waals surface area contributed by atoms with E-state index in [1.54, 1.807) is 6.07 Å². The Balaban J connectivity index is 2.04. The fourth-order valence-corrected chi connectivity index (χ4v) is 1.99. The van der Waals surface area contributed by atoms with Gasteiger partial charge in [0.2, 0.25) is 0 Å². The molecule has 2 nitrogen and oxygen atoms in total. The zero-order chi connectivity index (χ0) is 12.8. The van der Waals surface area contributed by atoms with Crippen LogP contribution >= 0.6 is 0 Å². The number of hydrogen-bond donors (Lipinski definition) is 2. The van der Waals surface area contributed by atoms with Crippen LogP contribution in [0.15, 0.2) is 48.5 Å². The maximum Gasteiger partial charge on any atom is 0.119 e. The summed E-state index contributed by atoms with van der Waals surface area (Å²) in [6, 6.07) is 15.8. The quantitative estimate of drug-likeness (QED) is 0.846. The first-order valence-electron chi connectivity index (χ1n) is 6.25. The number of aryl methyl sites for hydroxylation is 1. The average molecular weight is 242 g/mol. The minimum absolute atomic E-state index is 0.236. The molecule has 2 N–H and O–H groups in total. The van der Waals surface area contributed by atoms with Gasteiger partial charge >= 0.3 is 0 Å². The molecule has 0 amide bonds. The monoisotopic (exact) mass is 242 g/mol. The van der Waals surface area contributed by atoms with E-state index in [0.717, 1.165) is 24.8 Å². The predicted molar refractivity (Wildman–Crippen MR) is 72.8 cm³/mol. The van der Waals surface area contributed by atoms with Gasteiger partial charge in [-0.2, -0.15) is 0 Å². The zero-order valence-electron chi connectivity index (χ0n) is 10.3. The van der Waals surface area contributed by atoms with Gasteiger partial charge in [0, 0.05) is 13.0 Å². The third-order valence-corrected chi connectivity index (χ3v) is 3.03. The van der Waals surface area contributed by atoms with Crippen molar-refractivity contribution in [2.75, 3.05) is 6.61 Å². The Morgan fingerprint density at radius 1 is 0.833 bits per heavy atom. The van der Waals surface area contributed by atoms with Crippen molar-refractivity contribution in [3.05, 3.63) is 65.2 Å². The molecule has 0 saturated carbocycles. The van der Waals surface area contributed by atoms with Gasteiger partial charge in [0.15, 0.2) is 0 Å². The van der Waals surface area contributed by atoms with Crippen LogP contribution in [0.25, 0.3) is 0 Å². The van der Waals surface area contributed by atoms with E-state index < -0.39 is 0 Å². The summed E-state index contributed by atoms with van der Waals surface area (Å²) in [6.45, 7) is 0.236. The van der Waals surface area contributed by atoms with Gasteiger partial charge < -0.3 is 10.2 Å². The maximum atomic E-state index is 9.71. The molecule has 2 heteroatoms. The Kier molecular flexibility index (Phi) is 4.37. The number of aromatic hydroxyl groups is 1. The Hall–Kier alpha value is -1.80. The van der Waals surface area contributed by atoms with Gasteiger partial charge in [0.1, 0.15) is 5.75 Å². The first-order valence-corrected chi connectivity index (χ1v) is 6.25. The summed E-state index contributed by atoms with van der Waals surface area (Å²) in [5, 5.41) is 18.5. The van der Waals surface area contributed by atoms with E-state index >= 15 is 0 Å². The first kappa shape index (κ1) is 12.7. The van der Waals surface area contributed by atoms with Crippen molar-refractivity contribution in [2.45, 2.75) is 19.3 Å². The molecular formula is C16H18O2. The number of para-hydroxylation sites is 1. The Labute approximate surface area is 108 Å². The fourth-order valence-electron chi connectivity index (χ4n) is 1.99. The average Bonchev–Trinajstić information content (AvgIpc) is 2.41. The molecule has 0 aliphatic carbocycles. The Bertz CT molecular complexity index is 489. The van der Waals surface area contributed by atoms with Crippen LogP contribution < -0.4 is 0 Å². The lowest BCUT2D eigenvalue weighted by molar-refractivity contribution is 0.288. The number of hydrogen-bond acceptors (Lipinski definition) is 2. The summed E-state index contributed by atoms with van der Waals surface area (Å²) in [7, 11) is 0. The molecule has 0 radical (unpaired) electrons. The van der Waals surface area contributed by atoms with Crippen molar-refractivity contribution in [3.8, 4) is 5.75 Å². The number of benzene rings is 2. The van der Waals surface area contributed by atoms with E-state index in [9.17, 15) is 5.11 Å². The van der Waals surface area contributed by atoms with E-state index in [1.807, 2.05) is 18.2 Å². The first-order chi connectivity index (χ1) is 8.79. The van der Waals surface area contributed by atoms with Gasteiger partial charge in [-0.25, -0.2) is 0 Å². The Morgan fingerprint density at radius 2 is 1.50 bits per heavy atom. The van der Waals surface area contributed by atoms with Crippen LogP contribution in [0.4, 0.5) is 0 Å². The molecule has 0 aliphatic heterocycles. The van der Waals surface area contributed by atoms with E-state index in [2.05, 4.69) is 24.3 Å². The minimum Gasteiger partial charge on any atom is -0.508 e. The summed E-state index contributed by atoms with van der Waals surface area (Å²) < 4.78 is 0. The normalized spacial score (nSPS) is 10.5. The second kappa shape index (κ2) is 6.22. The summed E-state index contributed by atoms with van der Waals surface area (Å²) >= 11 is 0. The van der Waals surface area contributed by atoms with Crippen molar-refractivity contribution in [1.29, 1.82) is 0 Å². The molecule has 18 heavy (non-hydrogen) atoms. The minimum atomic E-state index is 0.236. The van der Waals surface area contributed by atoms with Crippen LogP contribution in [0.5, 0.6) is 5.75 Å². The maximum absolute atomic E-state index is 9.71. The van der Waals surface area contributed by atoms with Crippen molar-refractivity contribution in [2.24, 2.45) is 0 Å². The SMILES string of the molecule is OCCCc1ccc(Cc2ccccc2O)cc1. The van der Waals surface area contributed by atoms with Crippen molar-refractivity contribution in [3.63, 3.8) is 0 Å². The molecule has 0 aliphatic rings. The van der Waals surface area contributed by atoms with E-state index in [-0.39, 0.29) is 6.61 Å². The van der Waals surface area contributed by atoms with Crippen LogP contribution in [0.2, 0.25) is 0 Å². The van der Waals surface area contributed by atoms with Crippen LogP contribution in [-0.2, 0) is 12.8 Å². The fraction of sp³-hybridized carbons (Fsp3) is 0.250. The van der Waals surface area contributed by atoms with Gasteiger partial charge in [-0.15, -0.1) is 0 Å². The van der Waals surface area contributed by atoms with Gasteiger partial charge in [-0.1, -0.05) is 42.5 Å². The van der Waals surface area contributed by atoms with Gasteiger partial charge in [0.05, 0.1) is 0 Å². The number of phenolic OH excluding ortho intramolecular Hbond substituents is 1. The van der Waals surface area contributed by atoms with E-state index in [1.165, 1.54) is 11.1 Å². The molecule has 0 spiro atoms. The molecule has 2 aromatic carbocycles. The standard InChI is InChI=1S/C16H18O2/c17-11-3-4-13-7-9-14(10-8-13)12-15-5-1-2-6-16(15)18/h1-2,5-10,17-18H,3-4,11-12H2. The molecule has 0 heterocycles. The summed E-state index contributed by atoms with van der Waals surface area (Å²) in [6.07, 6.45) is 2.46. The highest BCUT2D eigenvalue weighted by Gasteiger charge is 2.01. The Morgan fingerprint density at radius 3 is 2.17 bits per heavy atom. The number of phenols is 1. The molecule has 2 aromatic rings. The summed E-state index contributed by atoms with van der Waals surface area (Å²) in [5.74, 6) is 0.349. The largest absolute Gasteiger partial charge is 0.508 e. The lowest BCUT2D eigenvalue weighted by Crippen LogP contribution is -1.92. The molecule has 0 saturated heterocycles. The number of aliphatic hydroxyl groups is 1. The van der Waals surface area contributed by atoms with Crippen molar-refractivity contribution in [1.82, 2.24) is 0 Å². The number of rotatable bonds is 5. The highest BCUT2D eigenvalue weighted by atomic mass is 16.3. The van der Waals surface area contributed by atoms with Crippen molar-refractivity contribution >= 4 is 0 Å².